The summed E-state index contributed by atoms with van der Waals surface area (Å²) in [4.78, 5) is 27.9. The van der Waals surface area contributed by atoms with Crippen LogP contribution in [0.25, 0.3) is 0 Å². The summed E-state index contributed by atoms with van der Waals surface area (Å²) in [6, 6.07) is 16.0. The maximum atomic E-state index is 13.3. The van der Waals surface area contributed by atoms with Crippen LogP contribution in [-0.2, 0) is 22.6 Å². The SMILES string of the molecule is CC[C@H](C(=O)NCC(C)C)N(Cc1cccc(C)c1)C(=O)CCc1ccc(C)cc1. The molecule has 30 heavy (non-hydrogen) atoms. The molecule has 0 radical (unpaired) electrons. The molecule has 4 nitrogen and oxygen atoms in total. The minimum absolute atomic E-state index is 0.0172. The van der Waals surface area contributed by atoms with Crippen molar-refractivity contribution in [1.29, 1.82) is 0 Å². The average molecular weight is 409 g/mol. The van der Waals surface area contributed by atoms with E-state index >= 15 is 0 Å². The Bertz CT molecular complexity index is 827. The molecule has 0 spiro atoms. The number of carbonyl (C=O) groups excluding carboxylic acids is 2. The van der Waals surface area contributed by atoms with Crippen LogP contribution in [0.4, 0.5) is 0 Å². The lowest BCUT2D eigenvalue weighted by Crippen LogP contribution is -2.49. The summed E-state index contributed by atoms with van der Waals surface area (Å²) in [6.45, 7) is 11.3. The molecule has 2 aromatic rings. The van der Waals surface area contributed by atoms with Crippen LogP contribution in [0.1, 0.15) is 55.9 Å². The molecule has 1 atom stereocenters. The number of benzene rings is 2. The Labute approximate surface area is 181 Å². The largest absolute Gasteiger partial charge is 0.354 e. The molecule has 0 saturated carbocycles. The summed E-state index contributed by atoms with van der Waals surface area (Å²) >= 11 is 0. The highest BCUT2D eigenvalue weighted by Crippen LogP contribution is 2.16. The van der Waals surface area contributed by atoms with E-state index in [0.717, 1.165) is 16.7 Å². The maximum absolute atomic E-state index is 13.3. The van der Waals surface area contributed by atoms with Crippen LogP contribution < -0.4 is 5.32 Å². The van der Waals surface area contributed by atoms with Gasteiger partial charge in [0.15, 0.2) is 0 Å². The fourth-order valence-corrected chi connectivity index (χ4v) is 3.50. The Morgan fingerprint density at radius 2 is 1.67 bits per heavy atom. The predicted octanol–water partition coefficient (Wildman–Crippen LogP) is 4.82. The third-order valence-electron chi connectivity index (χ3n) is 5.25. The van der Waals surface area contributed by atoms with Crippen molar-refractivity contribution in [3.63, 3.8) is 0 Å². The van der Waals surface area contributed by atoms with Crippen LogP contribution in [0.15, 0.2) is 48.5 Å². The first-order valence-corrected chi connectivity index (χ1v) is 11.0. The van der Waals surface area contributed by atoms with Crippen LogP contribution in [0, 0.1) is 19.8 Å². The van der Waals surface area contributed by atoms with E-state index in [-0.39, 0.29) is 11.8 Å². The Morgan fingerprint density at radius 1 is 0.967 bits per heavy atom. The third-order valence-corrected chi connectivity index (χ3v) is 5.25. The van der Waals surface area contributed by atoms with Gasteiger partial charge in [-0.1, -0.05) is 80.4 Å². The number of nitrogens with zero attached hydrogens (tertiary/aromatic N) is 1. The van der Waals surface area contributed by atoms with Gasteiger partial charge < -0.3 is 10.2 Å². The van der Waals surface area contributed by atoms with Crippen LogP contribution >= 0.6 is 0 Å². The molecular weight excluding hydrogens is 372 g/mol. The molecule has 0 aromatic heterocycles. The average Bonchev–Trinajstić information content (AvgIpc) is 2.71. The molecule has 0 unspecified atom stereocenters. The minimum atomic E-state index is -0.463. The van der Waals surface area contributed by atoms with E-state index in [1.165, 1.54) is 5.56 Å². The van der Waals surface area contributed by atoms with Crippen molar-refractivity contribution in [3.05, 3.63) is 70.8 Å². The molecule has 162 valence electrons. The third kappa shape index (κ3) is 7.33. The Balaban J connectivity index is 2.18. The van der Waals surface area contributed by atoms with Gasteiger partial charge in [-0.25, -0.2) is 0 Å². The van der Waals surface area contributed by atoms with E-state index in [9.17, 15) is 9.59 Å². The van der Waals surface area contributed by atoms with Crippen LogP contribution in [-0.4, -0.2) is 29.3 Å². The summed E-state index contributed by atoms with van der Waals surface area (Å²) in [5, 5.41) is 3.01. The van der Waals surface area contributed by atoms with E-state index < -0.39 is 6.04 Å². The van der Waals surface area contributed by atoms with Crippen molar-refractivity contribution < 1.29 is 9.59 Å². The van der Waals surface area contributed by atoms with Crippen molar-refractivity contribution >= 4 is 11.8 Å². The van der Waals surface area contributed by atoms with Gasteiger partial charge in [0, 0.05) is 19.5 Å². The number of carbonyl (C=O) groups is 2. The fraction of sp³-hybridized carbons (Fsp3) is 0.462. The highest BCUT2D eigenvalue weighted by atomic mass is 16.2. The zero-order valence-corrected chi connectivity index (χ0v) is 19.1. The molecule has 2 aromatic carbocycles. The maximum Gasteiger partial charge on any atom is 0.242 e. The quantitative estimate of drug-likeness (QED) is 0.613. The van der Waals surface area contributed by atoms with Crippen LogP contribution in [0.5, 0.6) is 0 Å². The van der Waals surface area contributed by atoms with E-state index in [1.807, 2.05) is 32.0 Å². The van der Waals surface area contributed by atoms with E-state index in [4.69, 9.17) is 0 Å². The van der Waals surface area contributed by atoms with Gasteiger partial charge in [0.25, 0.3) is 0 Å². The minimum Gasteiger partial charge on any atom is -0.354 e. The summed E-state index contributed by atoms with van der Waals surface area (Å²) in [7, 11) is 0. The van der Waals surface area contributed by atoms with Gasteiger partial charge in [-0.15, -0.1) is 0 Å². The standard InChI is InChI=1S/C26H36N2O2/c1-6-24(26(30)27-17-19(2)3)28(18-23-9-7-8-21(5)16-23)25(29)15-14-22-12-10-20(4)11-13-22/h7-13,16,19,24H,6,14-15,17-18H2,1-5H3,(H,27,30)/t24-/m1/s1. The highest BCUT2D eigenvalue weighted by molar-refractivity contribution is 5.87. The second kappa shape index (κ2) is 11.5. The lowest BCUT2D eigenvalue weighted by Gasteiger charge is -2.31. The Kier molecular flexibility index (Phi) is 9.10. The summed E-state index contributed by atoms with van der Waals surface area (Å²) in [6.07, 6.45) is 1.66. The zero-order chi connectivity index (χ0) is 22.1. The van der Waals surface area contributed by atoms with Gasteiger partial charge in [0.1, 0.15) is 6.04 Å². The first kappa shape index (κ1) is 23.7. The molecule has 0 aliphatic carbocycles. The lowest BCUT2D eigenvalue weighted by atomic mass is 10.0. The molecule has 0 aliphatic heterocycles. The van der Waals surface area contributed by atoms with Crippen LogP contribution in [0.2, 0.25) is 0 Å². The van der Waals surface area contributed by atoms with Crippen molar-refractivity contribution in [3.8, 4) is 0 Å². The van der Waals surface area contributed by atoms with Crippen molar-refractivity contribution in [2.75, 3.05) is 6.54 Å². The highest BCUT2D eigenvalue weighted by Gasteiger charge is 2.28. The molecule has 0 aliphatic rings. The number of aryl methyl sites for hydroxylation is 3. The summed E-state index contributed by atoms with van der Waals surface area (Å²) in [5.41, 5.74) is 4.55. The number of nitrogens with one attached hydrogen (secondary N) is 1. The van der Waals surface area contributed by atoms with Crippen LogP contribution in [0.3, 0.4) is 0 Å². The molecule has 2 amide bonds. The normalized spacial score (nSPS) is 11.9. The summed E-state index contributed by atoms with van der Waals surface area (Å²) in [5.74, 6) is 0.320. The van der Waals surface area contributed by atoms with Crippen molar-refractivity contribution in [1.82, 2.24) is 10.2 Å². The van der Waals surface area contributed by atoms with Gasteiger partial charge in [-0.2, -0.15) is 0 Å². The van der Waals surface area contributed by atoms with Gasteiger partial charge in [0.05, 0.1) is 0 Å². The van der Waals surface area contributed by atoms with Crippen molar-refractivity contribution in [2.45, 2.75) is 66.5 Å². The van der Waals surface area contributed by atoms with E-state index in [0.29, 0.717) is 38.3 Å². The second-order valence-corrected chi connectivity index (χ2v) is 8.56. The number of rotatable bonds is 10. The van der Waals surface area contributed by atoms with Gasteiger partial charge in [-0.05, 0) is 43.7 Å². The van der Waals surface area contributed by atoms with Gasteiger partial charge >= 0.3 is 0 Å². The monoisotopic (exact) mass is 408 g/mol. The molecule has 2 rings (SSSR count). The van der Waals surface area contributed by atoms with E-state index in [1.54, 1.807) is 4.90 Å². The molecule has 0 saturated heterocycles. The Hall–Kier alpha value is -2.62. The first-order chi connectivity index (χ1) is 14.3. The zero-order valence-electron chi connectivity index (χ0n) is 19.1. The fourth-order valence-electron chi connectivity index (χ4n) is 3.50. The molecule has 1 N–H and O–H groups in total. The summed E-state index contributed by atoms with van der Waals surface area (Å²) < 4.78 is 0. The number of amides is 2. The van der Waals surface area contributed by atoms with Gasteiger partial charge in [0.2, 0.25) is 11.8 Å². The second-order valence-electron chi connectivity index (χ2n) is 8.56. The molecule has 4 heteroatoms. The molecule has 0 bridgehead atoms. The molecule has 0 heterocycles. The number of hydrogen-bond donors (Lipinski definition) is 1. The van der Waals surface area contributed by atoms with Gasteiger partial charge in [-0.3, -0.25) is 9.59 Å². The Morgan fingerprint density at radius 3 is 2.27 bits per heavy atom. The van der Waals surface area contributed by atoms with Crippen molar-refractivity contribution in [2.24, 2.45) is 5.92 Å². The smallest absolute Gasteiger partial charge is 0.242 e. The molecular formula is C26H36N2O2. The van der Waals surface area contributed by atoms with E-state index in [2.05, 4.69) is 56.4 Å². The predicted molar refractivity (Wildman–Crippen MR) is 123 cm³/mol. The lowest BCUT2D eigenvalue weighted by molar-refractivity contribution is -0.141. The first-order valence-electron chi connectivity index (χ1n) is 11.0. The molecule has 0 fully saturated rings. The number of hydrogen-bond acceptors (Lipinski definition) is 2. The topological polar surface area (TPSA) is 49.4 Å².